The second kappa shape index (κ2) is 8.99. The summed E-state index contributed by atoms with van der Waals surface area (Å²) in [6, 6.07) is 9.48. The highest BCUT2D eigenvalue weighted by Gasteiger charge is 2.20. The summed E-state index contributed by atoms with van der Waals surface area (Å²) in [5, 5.41) is 0. The fourth-order valence-corrected chi connectivity index (χ4v) is 3.85. The number of rotatable bonds is 8. The molecular formula is C20H27N3O3S. The van der Waals surface area contributed by atoms with Crippen molar-refractivity contribution in [2.45, 2.75) is 26.7 Å². The molecule has 0 aliphatic heterocycles. The van der Waals surface area contributed by atoms with Gasteiger partial charge in [-0.3, -0.25) is 14.1 Å². The number of aromatic nitrogens is 1. The van der Waals surface area contributed by atoms with Gasteiger partial charge in [-0.25, -0.2) is 8.42 Å². The second-order valence-electron chi connectivity index (χ2n) is 6.85. The largest absolute Gasteiger partial charge is 0.345 e. The molecule has 0 saturated carbocycles. The van der Waals surface area contributed by atoms with E-state index < -0.39 is 10.0 Å². The molecule has 0 saturated heterocycles. The molecule has 1 heterocycles. The average Bonchev–Trinajstić information content (AvgIpc) is 2.58. The Bertz CT molecular complexity index is 862. The van der Waals surface area contributed by atoms with Crippen LogP contribution in [0.3, 0.4) is 0 Å². The predicted octanol–water partition coefficient (Wildman–Crippen LogP) is 2.56. The van der Waals surface area contributed by atoms with Crippen LogP contribution in [-0.4, -0.2) is 50.6 Å². The van der Waals surface area contributed by atoms with E-state index in [2.05, 4.69) is 4.98 Å². The van der Waals surface area contributed by atoms with Crippen LogP contribution in [0.15, 0.2) is 42.7 Å². The van der Waals surface area contributed by atoms with Gasteiger partial charge in [0, 0.05) is 39.0 Å². The fourth-order valence-electron chi connectivity index (χ4n) is 2.94. The lowest BCUT2D eigenvalue weighted by Crippen LogP contribution is -2.36. The number of hydrogen-bond donors (Lipinski definition) is 0. The first-order valence-corrected chi connectivity index (χ1v) is 10.7. The number of pyridine rings is 1. The lowest BCUT2D eigenvalue weighted by atomic mass is 10.1. The molecule has 2 rings (SSSR count). The minimum Gasteiger partial charge on any atom is -0.345 e. The zero-order valence-corrected chi connectivity index (χ0v) is 17.2. The highest BCUT2D eigenvalue weighted by Crippen LogP contribution is 2.21. The zero-order valence-electron chi connectivity index (χ0n) is 16.3. The normalized spacial score (nSPS) is 11.3. The summed E-state index contributed by atoms with van der Waals surface area (Å²) >= 11 is 0. The Hall–Kier alpha value is -2.41. The second-order valence-corrected chi connectivity index (χ2v) is 8.76. The number of likely N-dealkylation sites (N-methyl/N-ethyl adjacent to an activating group) is 1. The first-order chi connectivity index (χ1) is 12.7. The number of anilines is 1. The Labute approximate surface area is 161 Å². The van der Waals surface area contributed by atoms with Gasteiger partial charge in [0.2, 0.25) is 15.9 Å². The van der Waals surface area contributed by atoms with Gasteiger partial charge in [0.1, 0.15) is 0 Å². The number of sulfonamides is 1. The van der Waals surface area contributed by atoms with Crippen LogP contribution in [0.2, 0.25) is 0 Å². The molecule has 0 spiro atoms. The molecule has 0 aliphatic rings. The number of benzene rings is 1. The standard InChI is InChI=1S/C20H27N3O3S/c1-16-13-17(2)15-19(14-16)23(27(4,25)26)12-8-20(24)22(3)11-7-18-5-9-21-10-6-18/h5-6,9-10,13-15H,7-8,11-12H2,1-4H3. The quantitative estimate of drug-likeness (QED) is 0.696. The van der Waals surface area contributed by atoms with Gasteiger partial charge < -0.3 is 4.90 Å². The summed E-state index contributed by atoms with van der Waals surface area (Å²) in [7, 11) is -1.73. The molecule has 0 aliphatic carbocycles. The monoisotopic (exact) mass is 389 g/mol. The van der Waals surface area contributed by atoms with Crippen LogP contribution in [0.1, 0.15) is 23.1 Å². The Kier molecular flexibility index (Phi) is 6.96. The maximum Gasteiger partial charge on any atom is 0.232 e. The fraction of sp³-hybridized carbons (Fsp3) is 0.400. The van der Waals surface area contributed by atoms with Crippen molar-refractivity contribution in [3.05, 3.63) is 59.4 Å². The predicted molar refractivity (Wildman–Crippen MR) is 108 cm³/mol. The number of carbonyl (C=O) groups excluding carboxylic acids is 1. The zero-order chi connectivity index (χ0) is 20.0. The molecule has 6 nitrogen and oxygen atoms in total. The van der Waals surface area contributed by atoms with Gasteiger partial charge in [-0.05, 0) is 61.2 Å². The maximum absolute atomic E-state index is 12.5. The van der Waals surface area contributed by atoms with Gasteiger partial charge in [-0.2, -0.15) is 0 Å². The Morgan fingerprint density at radius 1 is 1.04 bits per heavy atom. The van der Waals surface area contributed by atoms with E-state index >= 15 is 0 Å². The van der Waals surface area contributed by atoms with Crippen molar-refractivity contribution in [1.29, 1.82) is 0 Å². The number of hydrogen-bond acceptors (Lipinski definition) is 4. The summed E-state index contributed by atoms with van der Waals surface area (Å²) in [6.07, 6.45) is 5.49. The van der Waals surface area contributed by atoms with E-state index in [4.69, 9.17) is 0 Å². The third-order valence-electron chi connectivity index (χ3n) is 4.33. The van der Waals surface area contributed by atoms with Crippen LogP contribution < -0.4 is 4.31 Å². The van der Waals surface area contributed by atoms with Crippen molar-refractivity contribution in [2.24, 2.45) is 0 Å². The molecule has 0 N–H and O–H groups in total. The van der Waals surface area contributed by atoms with Crippen molar-refractivity contribution >= 4 is 21.6 Å². The molecule has 0 atom stereocenters. The highest BCUT2D eigenvalue weighted by molar-refractivity contribution is 7.92. The van der Waals surface area contributed by atoms with Crippen molar-refractivity contribution in [3.63, 3.8) is 0 Å². The number of aryl methyl sites for hydroxylation is 2. The topological polar surface area (TPSA) is 70.6 Å². The third-order valence-corrected chi connectivity index (χ3v) is 5.53. The summed E-state index contributed by atoms with van der Waals surface area (Å²) in [5.74, 6) is -0.0814. The summed E-state index contributed by atoms with van der Waals surface area (Å²) in [6.45, 7) is 4.55. The SMILES string of the molecule is Cc1cc(C)cc(N(CCC(=O)N(C)CCc2ccncc2)S(C)(=O)=O)c1. The third kappa shape index (κ3) is 6.36. The van der Waals surface area contributed by atoms with E-state index in [1.807, 2.05) is 44.2 Å². The summed E-state index contributed by atoms with van der Waals surface area (Å²) in [5.41, 5.74) is 3.68. The van der Waals surface area contributed by atoms with Crippen molar-refractivity contribution in [1.82, 2.24) is 9.88 Å². The number of carbonyl (C=O) groups is 1. The average molecular weight is 390 g/mol. The number of amides is 1. The van der Waals surface area contributed by atoms with Crippen LogP contribution in [0.4, 0.5) is 5.69 Å². The van der Waals surface area contributed by atoms with Crippen molar-refractivity contribution < 1.29 is 13.2 Å². The molecule has 1 aromatic heterocycles. The maximum atomic E-state index is 12.5. The Morgan fingerprint density at radius 3 is 2.19 bits per heavy atom. The molecule has 0 unspecified atom stereocenters. The highest BCUT2D eigenvalue weighted by atomic mass is 32.2. The van der Waals surface area contributed by atoms with Crippen LogP contribution in [0, 0.1) is 13.8 Å². The smallest absolute Gasteiger partial charge is 0.232 e. The van der Waals surface area contributed by atoms with Crippen molar-refractivity contribution in [2.75, 3.05) is 30.7 Å². The summed E-state index contributed by atoms with van der Waals surface area (Å²) in [4.78, 5) is 18.1. The first kappa shape index (κ1) is 20.9. The molecule has 1 aromatic carbocycles. The molecule has 0 bridgehead atoms. The van der Waals surface area contributed by atoms with E-state index in [0.717, 1.165) is 23.1 Å². The molecule has 7 heteroatoms. The molecule has 146 valence electrons. The molecule has 2 aromatic rings. The molecular weight excluding hydrogens is 362 g/mol. The lowest BCUT2D eigenvalue weighted by molar-refractivity contribution is -0.129. The summed E-state index contributed by atoms with van der Waals surface area (Å²) < 4.78 is 25.8. The Balaban J connectivity index is 2.00. The van der Waals surface area contributed by atoms with Gasteiger partial charge in [0.25, 0.3) is 0 Å². The minimum atomic E-state index is -3.47. The van der Waals surface area contributed by atoms with E-state index in [-0.39, 0.29) is 18.9 Å². The van der Waals surface area contributed by atoms with Crippen LogP contribution >= 0.6 is 0 Å². The van der Waals surface area contributed by atoms with Gasteiger partial charge >= 0.3 is 0 Å². The van der Waals surface area contributed by atoms with E-state index in [0.29, 0.717) is 12.2 Å². The first-order valence-electron chi connectivity index (χ1n) is 8.85. The molecule has 0 fully saturated rings. The van der Waals surface area contributed by atoms with Gasteiger partial charge in [0.05, 0.1) is 11.9 Å². The molecule has 1 amide bonds. The Morgan fingerprint density at radius 2 is 1.63 bits per heavy atom. The van der Waals surface area contributed by atoms with Crippen LogP contribution in [-0.2, 0) is 21.2 Å². The number of nitrogens with zero attached hydrogens (tertiary/aromatic N) is 3. The molecule has 27 heavy (non-hydrogen) atoms. The van der Waals surface area contributed by atoms with Crippen LogP contribution in [0.25, 0.3) is 0 Å². The lowest BCUT2D eigenvalue weighted by Gasteiger charge is -2.24. The van der Waals surface area contributed by atoms with E-state index in [9.17, 15) is 13.2 Å². The van der Waals surface area contributed by atoms with Gasteiger partial charge in [0.15, 0.2) is 0 Å². The van der Waals surface area contributed by atoms with Crippen LogP contribution in [0.5, 0.6) is 0 Å². The van der Waals surface area contributed by atoms with E-state index in [1.165, 1.54) is 10.6 Å². The van der Waals surface area contributed by atoms with Gasteiger partial charge in [-0.15, -0.1) is 0 Å². The molecule has 0 radical (unpaired) electrons. The van der Waals surface area contributed by atoms with Crippen molar-refractivity contribution in [3.8, 4) is 0 Å². The minimum absolute atomic E-state index is 0.0814. The van der Waals surface area contributed by atoms with E-state index in [1.54, 1.807) is 24.3 Å². The van der Waals surface area contributed by atoms with Gasteiger partial charge in [-0.1, -0.05) is 6.07 Å².